The summed E-state index contributed by atoms with van der Waals surface area (Å²) >= 11 is 1.72. The molecule has 2 aromatic heterocycles. The van der Waals surface area contributed by atoms with Crippen molar-refractivity contribution in [3.8, 4) is 0 Å². The average molecular weight is 261 g/mol. The molecule has 2 aromatic rings. The van der Waals surface area contributed by atoms with Crippen LogP contribution >= 0.6 is 11.3 Å². The quantitative estimate of drug-likeness (QED) is 0.832. The normalized spacial score (nSPS) is 17.0. The molecule has 18 heavy (non-hydrogen) atoms. The molecule has 0 atom stereocenters. The first-order chi connectivity index (χ1) is 8.92. The molecular weight excluding hydrogens is 246 g/mol. The van der Waals surface area contributed by atoms with Crippen LogP contribution in [0.5, 0.6) is 0 Å². The summed E-state index contributed by atoms with van der Waals surface area (Å²) in [6, 6.07) is 1.85. The molecule has 1 fully saturated rings. The van der Waals surface area contributed by atoms with Crippen LogP contribution in [0.4, 0.5) is 5.95 Å². The molecule has 1 aliphatic rings. The lowest BCUT2D eigenvalue weighted by atomic mass is 10.3. The van der Waals surface area contributed by atoms with Crippen LogP contribution in [0.25, 0.3) is 0 Å². The van der Waals surface area contributed by atoms with Crippen molar-refractivity contribution < 1.29 is 0 Å². The molecule has 0 unspecified atom stereocenters. The molecule has 0 saturated carbocycles. The van der Waals surface area contributed by atoms with Gasteiger partial charge in [-0.2, -0.15) is 0 Å². The van der Waals surface area contributed by atoms with Gasteiger partial charge >= 0.3 is 0 Å². The number of rotatable bonds is 3. The van der Waals surface area contributed by atoms with Crippen LogP contribution < -0.4 is 4.90 Å². The predicted octanol–water partition coefficient (Wildman–Crippen LogP) is 1.26. The molecule has 0 amide bonds. The molecule has 0 aromatic carbocycles. The minimum absolute atomic E-state index is 0.843. The zero-order valence-corrected chi connectivity index (χ0v) is 10.9. The van der Waals surface area contributed by atoms with Gasteiger partial charge in [0.05, 0.1) is 5.51 Å². The number of thiazole rings is 1. The fourth-order valence-corrected chi connectivity index (χ4v) is 2.74. The standard InChI is InChI=1S/C12H15N5S/c1-2-14-12(15-3-1)17-6-4-16(5-7-17)9-11-8-13-10-18-11/h1-3,8,10H,4-7,9H2. The maximum atomic E-state index is 4.29. The Morgan fingerprint density at radius 2 is 1.89 bits per heavy atom. The van der Waals surface area contributed by atoms with Gasteiger partial charge in [0, 0.05) is 56.2 Å². The maximum Gasteiger partial charge on any atom is 0.225 e. The van der Waals surface area contributed by atoms with E-state index in [1.54, 1.807) is 23.7 Å². The fraction of sp³-hybridized carbons (Fsp3) is 0.417. The van der Waals surface area contributed by atoms with Gasteiger partial charge < -0.3 is 4.90 Å². The largest absolute Gasteiger partial charge is 0.338 e. The van der Waals surface area contributed by atoms with Crippen molar-refractivity contribution in [1.82, 2.24) is 19.9 Å². The summed E-state index contributed by atoms with van der Waals surface area (Å²) in [7, 11) is 0. The molecule has 0 bridgehead atoms. The Bertz CT molecular complexity index is 464. The smallest absolute Gasteiger partial charge is 0.225 e. The van der Waals surface area contributed by atoms with E-state index in [4.69, 9.17) is 0 Å². The molecule has 0 spiro atoms. The van der Waals surface area contributed by atoms with Crippen molar-refractivity contribution in [3.05, 3.63) is 35.0 Å². The van der Waals surface area contributed by atoms with Crippen LogP contribution in [0, 0.1) is 0 Å². The Morgan fingerprint density at radius 3 is 2.56 bits per heavy atom. The van der Waals surface area contributed by atoms with E-state index < -0.39 is 0 Å². The molecule has 0 radical (unpaired) electrons. The summed E-state index contributed by atoms with van der Waals surface area (Å²) in [4.78, 5) is 18.7. The van der Waals surface area contributed by atoms with Gasteiger partial charge in [-0.1, -0.05) is 0 Å². The molecule has 94 valence electrons. The second-order valence-electron chi connectivity index (χ2n) is 4.28. The van der Waals surface area contributed by atoms with Crippen LogP contribution in [-0.2, 0) is 6.54 Å². The van der Waals surface area contributed by atoms with Crippen molar-refractivity contribution in [1.29, 1.82) is 0 Å². The van der Waals surface area contributed by atoms with Gasteiger partial charge in [-0.05, 0) is 6.07 Å². The molecule has 3 rings (SSSR count). The molecule has 6 heteroatoms. The topological polar surface area (TPSA) is 45.2 Å². The Balaban J connectivity index is 1.55. The molecule has 5 nitrogen and oxygen atoms in total. The van der Waals surface area contributed by atoms with E-state index >= 15 is 0 Å². The zero-order valence-electron chi connectivity index (χ0n) is 10.1. The summed E-state index contributed by atoms with van der Waals surface area (Å²) in [5, 5.41) is 0. The highest BCUT2D eigenvalue weighted by Gasteiger charge is 2.18. The van der Waals surface area contributed by atoms with Gasteiger partial charge in [-0.3, -0.25) is 9.88 Å². The lowest BCUT2D eigenvalue weighted by Crippen LogP contribution is -2.46. The lowest BCUT2D eigenvalue weighted by Gasteiger charge is -2.34. The summed E-state index contributed by atoms with van der Waals surface area (Å²) in [6.45, 7) is 5.09. The first-order valence-corrected chi connectivity index (χ1v) is 6.91. The van der Waals surface area contributed by atoms with Crippen LogP contribution in [0.3, 0.4) is 0 Å². The van der Waals surface area contributed by atoms with E-state index in [1.165, 1.54) is 4.88 Å². The maximum absolute atomic E-state index is 4.29. The van der Waals surface area contributed by atoms with E-state index in [2.05, 4.69) is 24.8 Å². The third-order valence-corrected chi connectivity index (χ3v) is 3.83. The van der Waals surface area contributed by atoms with Gasteiger partial charge in [0.2, 0.25) is 5.95 Å². The number of anilines is 1. The number of hydrogen-bond donors (Lipinski definition) is 0. The Kier molecular flexibility index (Phi) is 3.47. The van der Waals surface area contributed by atoms with Crippen LogP contribution in [0.15, 0.2) is 30.2 Å². The number of hydrogen-bond acceptors (Lipinski definition) is 6. The van der Waals surface area contributed by atoms with Crippen LogP contribution in [-0.4, -0.2) is 46.0 Å². The second kappa shape index (κ2) is 5.41. The molecule has 1 saturated heterocycles. The van der Waals surface area contributed by atoms with Crippen LogP contribution in [0.2, 0.25) is 0 Å². The molecule has 0 aliphatic carbocycles. The Morgan fingerprint density at radius 1 is 1.11 bits per heavy atom. The van der Waals surface area contributed by atoms with Gasteiger partial charge in [0.25, 0.3) is 0 Å². The zero-order chi connectivity index (χ0) is 12.2. The van der Waals surface area contributed by atoms with Gasteiger partial charge in [-0.25, -0.2) is 9.97 Å². The van der Waals surface area contributed by atoms with Gasteiger partial charge in [0.15, 0.2) is 0 Å². The first-order valence-electron chi connectivity index (χ1n) is 6.03. The summed E-state index contributed by atoms with van der Waals surface area (Å²) < 4.78 is 0. The van der Waals surface area contributed by atoms with Crippen LogP contribution in [0.1, 0.15) is 4.88 Å². The molecular formula is C12H15N5S. The van der Waals surface area contributed by atoms with Crippen molar-refractivity contribution in [2.45, 2.75) is 6.54 Å². The minimum Gasteiger partial charge on any atom is -0.338 e. The summed E-state index contributed by atoms with van der Waals surface area (Å²) in [6.07, 6.45) is 5.55. The van der Waals surface area contributed by atoms with Gasteiger partial charge in [-0.15, -0.1) is 11.3 Å². The Hall–Kier alpha value is -1.53. The lowest BCUT2D eigenvalue weighted by molar-refractivity contribution is 0.250. The van der Waals surface area contributed by atoms with Gasteiger partial charge in [0.1, 0.15) is 0 Å². The van der Waals surface area contributed by atoms with Crippen molar-refractivity contribution >= 4 is 17.3 Å². The second-order valence-corrected chi connectivity index (χ2v) is 5.25. The monoisotopic (exact) mass is 261 g/mol. The van der Waals surface area contributed by atoms with E-state index in [1.807, 2.05) is 17.8 Å². The minimum atomic E-state index is 0.843. The Labute approximate surface area is 110 Å². The highest BCUT2D eigenvalue weighted by Crippen LogP contribution is 2.14. The first kappa shape index (κ1) is 11.6. The summed E-state index contributed by atoms with van der Waals surface area (Å²) in [5.41, 5.74) is 1.89. The average Bonchev–Trinajstić information content (AvgIpc) is 2.94. The van der Waals surface area contributed by atoms with E-state index in [0.717, 1.165) is 38.7 Å². The number of aromatic nitrogens is 3. The molecule has 0 N–H and O–H groups in total. The number of nitrogens with zero attached hydrogens (tertiary/aromatic N) is 5. The highest BCUT2D eigenvalue weighted by atomic mass is 32.1. The number of piperazine rings is 1. The molecule has 3 heterocycles. The van der Waals surface area contributed by atoms with E-state index in [0.29, 0.717) is 0 Å². The van der Waals surface area contributed by atoms with E-state index in [9.17, 15) is 0 Å². The van der Waals surface area contributed by atoms with Crippen molar-refractivity contribution in [3.63, 3.8) is 0 Å². The highest BCUT2D eigenvalue weighted by molar-refractivity contribution is 7.09. The predicted molar refractivity (Wildman–Crippen MR) is 71.6 cm³/mol. The summed E-state index contributed by atoms with van der Waals surface area (Å²) in [5.74, 6) is 0.843. The van der Waals surface area contributed by atoms with Crippen molar-refractivity contribution in [2.24, 2.45) is 0 Å². The SMILES string of the molecule is c1cnc(N2CCN(Cc3cncs3)CC2)nc1. The third-order valence-electron chi connectivity index (χ3n) is 3.07. The fourth-order valence-electron chi connectivity index (χ4n) is 2.10. The third kappa shape index (κ3) is 2.65. The van der Waals surface area contributed by atoms with E-state index in [-0.39, 0.29) is 0 Å². The van der Waals surface area contributed by atoms with Crippen molar-refractivity contribution in [2.75, 3.05) is 31.1 Å². The molecule has 1 aliphatic heterocycles.